The molecule has 0 fully saturated rings. The van der Waals surface area contributed by atoms with Crippen molar-refractivity contribution in [3.05, 3.63) is 84.9 Å². The Labute approximate surface area is 155 Å². The van der Waals surface area contributed by atoms with Crippen molar-refractivity contribution < 1.29 is 0 Å². The Morgan fingerprint density at radius 1 is 0.444 bits per heavy atom. The lowest BCUT2D eigenvalue weighted by molar-refractivity contribution is 1.56. The van der Waals surface area contributed by atoms with Crippen LogP contribution in [0.25, 0.3) is 65.6 Å². The second-order valence-electron chi connectivity index (χ2n) is 7.45. The summed E-state index contributed by atoms with van der Waals surface area (Å²) < 4.78 is 0. The molecule has 1 aliphatic rings. The normalized spacial score (nSPS) is 12.4. The number of fused-ring (bicyclic) bond motifs is 9. The van der Waals surface area contributed by atoms with Crippen LogP contribution in [0.1, 0.15) is 0 Å². The minimum absolute atomic E-state index is 1.21. The standard InChI is InChI=1S/C26H15N/c1-2-7-16-15(6-1)12-13-22-25(16)26-20-11-5-10-19-17-8-3-4-9-18(17)21(24(19)20)14-23(26)27-22/h1-14,27H. The first-order chi connectivity index (χ1) is 13.4. The number of rotatable bonds is 0. The largest absolute Gasteiger partial charge is 0.354 e. The van der Waals surface area contributed by atoms with Crippen LogP contribution in [-0.2, 0) is 0 Å². The Morgan fingerprint density at radius 2 is 1.15 bits per heavy atom. The van der Waals surface area contributed by atoms with E-state index in [1.807, 2.05) is 0 Å². The van der Waals surface area contributed by atoms with Crippen molar-refractivity contribution in [2.75, 3.05) is 0 Å². The third-order valence-electron chi connectivity index (χ3n) is 6.12. The maximum Gasteiger partial charge on any atom is 0.0477 e. The first-order valence-electron chi connectivity index (χ1n) is 9.39. The fourth-order valence-electron chi connectivity index (χ4n) is 5.03. The van der Waals surface area contributed by atoms with Crippen LogP contribution >= 0.6 is 0 Å². The minimum Gasteiger partial charge on any atom is -0.354 e. The Bertz CT molecular complexity index is 1570. The number of hydrogen-bond acceptors (Lipinski definition) is 0. The third kappa shape index (κ3) is 1.56. The summed E-state index contributed by atoms with van der Waals surface area (Å²) in [5.41, 5.74) is 7.82. The molecule has 0 spiro atoms. The summed E-state index contributed by atoms with van der Waals surface area (Å²) in [4.78, 5) is 3.69. The SMILES string of the molecule is c1ccc2c(c1)-c1cccc3c1c-2cc1[nH]c2ccc4ccccc4c2c13. The predicted octanol–water partition coefficient (Wildman–Crippen LogP) is 7.27. The molecule has 1 nitrogen and oxygen atoms in total. The maximum absolute atomic E-state index is 3.69. The quantitative estimate of drug-likeness (QED) is 0.298. The van der Waals surface area contributed by atoms with Gasteiger partial charge in [0.25, 0.3) is 0 Å². The van der Waals surface area contributed by atoms with Crippen molar-refractivity contribution in [2.24, 2.45) is 0 Å². The monoisotopic (exact) mass is 341 g/mol. The van der Waals surface area contributed by atoms with Gasteiger partial charge >= 0.3 is 0 Å². The molecule has 7 rings (SSSR count). The molecular formula is C26H15N. The summed E-state index contributed by atoms with van der Waals surface area (Å²) in [6.45, 7) is 0. The Balaban J connectivity index is 1.80. The zero-order valence-corrected chi connectivity index (χ0v) is 14.6. The number of nitrogens with one attached hydrogen (secondary N) is 1. The topological polar surface area (TPSA) is 15.8 Å². The van der Waals surface area contributed by atoms with Gasteiger partial charge in [-0.2, -0.15) is 0 Å². The summed E-state index contributed by atoms with van der Waals surface area (Å²) >= 11 is 0. The number of H-pyrrole nitrogens is 1. The molecule has 1 aromatic heterocycles. The summed E-state index contributed by atoms with van der Waals surface area (Å²) in [7, 11) is 0. The fraction of sp³-hybridized carbons (Fsp3) is 0. The van der Waals surface area contributed by atoms with Crippen LogP contribution in [0.5, 0.6) is 0 Å². The van der Waals surface area contributed by atoms with Crippen LogP contribution < -0.4 is 0 Å². The van der Waals surface area contributed by atoms with E-state index in [1.54, 1.807) is 0 Å². The van der Waals surface area contributed by atoms with Crippen molar-refractivity contribution in [3.8, 4) is 22.3 Å². The second kappa shape index (κ2) is 4.57. The van der Waals surface area contributed by atoms with Gasteiger partial charge in [0, 0.05) is 21.8 Å². The highest BCUT2D eigenvalue weighted by Gasteiger charge is 2.23. The van der Waals surface area contributed by atoms with Gasteiger partial charge in [-0.05, 0) is 55.9 Å². The molecular weight excluding hydrogens is 326 g/mol. The van der Waals surface area contributed by atoms with E-state index in [-0.39, 0.29) is 0 Å². The van der Waals surface area contributed by atoms with Crippen LogP contribution in [-0.4, -0.2) is 4.98 Å². The van der Waals surface area contributed by atoms with Crippen LogP contribution in [0, 0.1) is 0 Å². The second-order valence-corrected chi connectivity index (χ2v) is 7.45. The fourth-order valence-corrected chi connectivity index (χ4v) is 5.03. The maximum atomic E-state index is 3.69. The van der Waals surface area contributed by atoms with Gasteiger partial charge in [-0.25, -0.2) is 0 Å². The molecule has 1 heteroatoms. The highest BCUT2D eigenvalue weighted by atomic mass is 14.7. The first-order valence-corrected chi connectivity index (χ1v) is 9.39. The molecule has 0 bridgehead atoms. The summed E-state index contributed by atoms with van der Waals surface area (Å²) in [5, 5.41) is 8.02. The summed E-state index contributed by atoms with van der Waals surface area (Å²) in [6, 6.07) is 31.0. The highest BCUT2D eigenvalue weighted by molar-refractivity contribution is 6.32. The van der Waals surface area contributed by atoms with E-state index in [1.165, 1.54) is 65.6 Å². The van der Waals surface area contributed by atoms with Crippen molar-refractivity contribution in [3.63, 3.8) is 0 Å². The number of benzene rings is 5. The van der Waals surface area contributed by atoms with E-state index >= 15 is 0 Å². The number of aromatic nitrogens is 1. The van der Waals surface area contributed by atoms with Gasteiger partial charge < -0.3 is 4.98 Å². The van der Waals surface area contributed by atoms with Gasteiger partial charge in [0.2, 0.25) is 0 Å². The average molecular weight is 341 g/mol. The molecule has 0 aliphatic heterocycles. The highest BCUT2D eigenvalue weighted by Crippen LogP contribution is 2.50. The lowest BCUT2D eigenvalue weighted by atomic mass is 9.96. The molecule has 124 valence electrons. The predicted molar refractivity (Wildman–Crippen MR) is 115 cm³/mol. The van der Waals surface area contributed by atoms with Crippen molar-refractivity contribution in [1.82, 2.24) is 4.98 Å². The zero-order valence-electron chi connectivity index (χ0n) is 14.6. The van der Waals surface area contributed by atoms with E-state index < -0.39 is 0 Å². The molecule has 6 aromatic rings. The molecule has 1 aliphatic carbocycles. The van der Waals surface area contributed by atoms with E-state index in [0.717, 1.165) is 0 Å². The van der Waals surface area contributed by atoms with Crippen molar-refractivity contribution in [2.45, 2.75) is 0 Å². The van der Waals surface area contributed by atoms with Gasteiger partial charge in [-0.3, -0.25) is 0 Å². The molecule has 0 atom stereocenters. The van der Waals surface area contributed by atoms with Crippen LogP contribution in [0.3, 0.4) is 0 Å². The molecule has 1 heterocycles. The van der Waals surface area contributed by atoms with Crippen LogP contribution in [0.15, 0.2) is 84.9 Å². The Hall–Kier alpha value is -3.58. The van der Waals surface area contributed by atoms with E-state index in [9.17, 15) is 0 Å². The number of hydrogen-bond donors (Lipinski definition) is 1. The Morgan fingerprint density at radius 3 is 2.07 bits per heavy atom. The molecule has 0 radical (unpaired) electrons. The third-order valence-corrected chi connectivity index (χ3v) is 6.12. The number of aromatic amines is 1. The summed E-state index contributed by atoms with van der Waals surface area (Å²) in [5.74, 6) is 0. The van der Waals surface area contributed by atoms with Crippen LogP contribution in [0.4, 0.5) is 0 Å². The van der Waals surface area contributed by atoms with Crippen molar-refractivity contribution >= 4 is 43.4 Å². The molecule has 1 N–H and O–H groups in total. The average Bonchev–Trinajstić information content (AvgIpc) is 3.26. The molecule has 0 saturated carbocycles. The van der Waals surface area contributed by atoms with Crippen molar-refractivity contribution in [1.29, 1.82) is 0 Å². The molecule has 0 amide bonds. The lowest BCUT2D eigenvalue weighted by Gasteiger charge is -2.06. The molecule has 27 heavy (non-hydrogen) atoms. The first kappa shape index (κ1) is 13.6. The van der Waals surface area contributed by atoms with Gasteiger partial charge in [0.15, 0.2) is 0 Å². The summed E-state index contributed by atoms with van der Waals surface area (Å²) in [6.07, 6.45) is 0. The molecule has 0 unspecified atom stereocenters. The van der Waals surface area contributed by atoms with Gasteiger partial charge in [0.05, 0.1) is 0 Å². The van der Waals surface area contributed by atoms with E-state index in [0.29, 0.717) is 0 Å². The molecule has 5 aromatic carbocycles. The minimum atomic E-state index is 1.21. The van der Waals surface area contributed by atoms with E-state index in [2.05, 4.69) is 89.9 Å². The Kier molecular flexibility index (Phi) is 2.30. The van der Waals surface area contributed by atoms with Gasteiger partial charge in [0.1, 0.15) is 0 Å². The zero-order chi connectivity index (χ0) is 17.5. The van der Waals surface area contributed by atoms with Gasteiger partial charge in [-0.15, -0.1) is 0 Å². The van der Waals surface area contributed by atoms with Crippen LogP contribution in [0.2, 0.25) is 0 Å². The molecule has 0 saturated heterocycles. The van der Waals surface area contributed by atoms with Gasteiger partial charge in [-0.1, -0.05) is 72.8 Å². The lowest BCUT2D eigenvalue weighted by Crippen LogP contribution is -1.79. The van der Waals surface area contributed by atoms with E-state index in [4.69, 9.17) is 0 Å². The smallest absolute Gasteiger partial charge is 0.0477 e.